The molecule has 1 aromatic carbocycles. The fourth-order valence-corrected chi connectivity index (χ4v) is 2.30. The van der Waals surface area contributed by atoms with E-state index < -0.39 is 0 Å². The maximum atomic E-state index is 11.4. The van der Waals surface area contributed by atoms with E-state index in [0.29, 0.717) is 6.04 Å². The number of rotatable bonds is 5. The van der Waals surface area contributed by atoms with Crippen molar-refractivity contribution in [3.8, 4) is 0 Å². The third-order valence-electron chi connectivity index (χ3n) is 3.18. The van der Waals surface area contributed by atoms with E-state index >= 15 is 0 Å². The molecule has 0 aromatic heterocycles. The van der Waals surface area contributed by atoms with Crippen molar-refractivity contribution in [1.29, 1.82) is 0 Å². The molecule has 2 N–H and O–H groups in total. The minimum atomic E-state index is -0.139. The van der Waals surface area contributed by atoms with Crippen molar-refractivity contribution in [2.24, 2.45) is 0 Å². The Kier molecular flexibility index (Phi) is 4.76. The molecule has 5 nitrogen and oxygen atoms in total. The highest BCUT2D eigenvalue weighted by atomic mass is 16.5. The van der Waals surface area contributed by atoms with E-state index in [2.05, 4.69) is 22.6 Å². The minimum Gasteiger partial charge on any atom is -0.381 e. The van der Waals surface area contributed by atoms with Crippen LogP contribution in [-0.2, 0) is 9.53 Å². The van der Waals surface area contributed by atoms with Crippen molar-refractivity contribution in [3.63, 3.8) is 0 Å². The van der Waals surface area contributed by atoms with Gasteiger partial charge in [0.05, 0.1) is 0 Å². The largest absolute Gasteiger partial charge is 0.381 e. The first kappa shape index (κ1) is 13.8. The number of nitrogens with zero attached hydrogens (tertiary/aromatic N) is 1. The first-order chi connectivity index (χ1) is 9.17. The van der Waals surface area contributed by atoms with E-state index in [1.165, 1.54) is 7.11 Å². The van der Waals surface area contributed by atoms with E-state index in [1.807, 2.05) is 24.3 Å². The Morgan fingerprint density at radius 3 is 2.95 bits per heavy atom. The second-order valence-corrected chi connectivity index (χ2v) is 4.95. The first-order valence-electron chi connectivity index (χ1n) is 6.51. The van der Waals surface area contributed by atoms with Crippen LogP contribution in [0, 0.1) is 0 Å². The van der Waals surface area contributed by atoms with Crippen LogP contribution in [-0.4, -0.2) is 50.7 Å². The molecule has 0 saturated carbocycles. The van der Waals surface area contributed by atoms with Gasteiger partial charge in [-0.05, 0) is 38.2 Å². The van der Waals surface area contributed by atoms with Gasteiger partial charge in [0.1, 0.15) is 6.61 Å². The Labute approximate surface area is 113 Å². The van der Waals surface area contributed by atoms with Gasteiger partial charge in [-0.1, -0.05) is 6.07 Å². The van der Waals surface area contributed by atoms with Gasteiger partial charge in [-0.2, -0.15) is 0 Å². The Balaban J connectivity index is 1.93. The fraction of sp³-hybridized carbons (Fsp3) is 0.500. The molecule has 1 atom stereocenters. The molecule has 5 heteroatoms. The zero-order valence-electron chi connectivity index (χ0n) is 11.5. The summed E-state index contributed by atoms with van der Waals surface area (Å²) in [6.45, 7) is 2.26. The van der Waals surface area contributed by atoms with Crippen LogP contribution >= 0.6 is 0 Å². The maximum Gasteiger partial charge on any atom is 0.250 e. The van der Waals surface area contributed by atoms with Gasteiger partial charge in [0.25, 0.3) is 0 Å². The van der Waals surface area contributed by atoms with Crippen molar-refractivity contribution in [2.75, 3.05) is 44.5 Å². The number of carbonyl (C=O) groups is 1. The topological polar surface area (TPSA) is 53.6 Å². The Bertz CT molecular complexity index is 436. The number of benzene rings is 1. The van der Waals surface area contributed by atoms with Crippen molar-refractivity contribution in [3.05, 3.63) is 24.3 Å². The molecule has 0 radical (unpaired) electrons. The quantitative estimate of drug-likeness (QED) is 0.843. The highest BCUT2D eigenvalue weighted by Crippen LogP contribution is 2.18. The number of hydrogen-bond donors (Lipinski definition) is 2. The van der Waals surface area contributed by atoms with Gasteiger partial charge in [-0.15, -0.1) is 0 Å². The van der Waals surface area contributed by atoms with Gasteiger partial charge in [0.15, 0.2) is 0 Å². The van der Waals surface area contributed by atoms with E-state index in [1.54, 1.807) is 0 Å². The number of amides is 1. The van der Waals surface area contributed by atoms with Crippen molar-refractivity contribution in [2.45, 2.75) is 12.5 Å². The zero-order chi connectivity index (χ0) is 13.7. The molecule has 19 heavy (non-hydrogen) atoms. The summed E-state index contributed by atoms with van der Waals surface area (Å²) in [6.07, 6.45) is 1.15. The van der Waals surface area contributed by atoms with Gasteiger partial charge >= 0.3 is 0 Å². The van der Waals surface area contributed by atoms with Gasteiger partial charge in [-0.25, -0.2) is 0 Å². The van der Waals surface area contributed by atoms with Crippen LogP contribution in [0.3, 0.4) is 0 Å². The molecule has 2 rings (SSSR count). The number of nitrogens with one attached hydrogen (secondary N) is 2. The summed E-state index contributed by atoms with van der Waals surface area (Å²) in [5.74, 6) is -0.139. The van der Waals surface area contributed by atoms with Gasteiger partial charge in [0, 0.05) is 31.1 Å². The number of methoxy groups -OCH3 is 1. The highest BCUT2D eigenvalue weighted by molar-refractivity contribution is 5.92. The summed E-state index contributed by atoms with van der Waals surface area (Å²) >= 11 is 0. The Morgan fingerprint density at radius 2 is 2.26 bits per heavy atom. The Hall–Kier alpha value is -1.59. The van der Waals surface area contributed by atoms with Crippen LogP contribution in [0.5, 0.6) is 0 Å². The molecule has 1 aromatic rings. The number of ether oxygens (including phenoxy) is 1. The van der Waals surface area contributed by atoms with Crippen LogP contribution in [0.1, 0.15) is 6.42 Å². The summed E-state index contributed by atoms with van der Waals surface area (Å²) < 4.78 is 4.79. The predicted octanol–water partition coefficient (Wildman–Crippen LogP) is 1.39. The summed E-state index contributed by atoms with van der Waals surface area (Å²) in [7, 11) is 3.64. The van der Waals surface area contributed by atoms with E-state index in [0.717, 1.165) is 30.9 Å². The average Bonchev–Trinajstić information content (AvgIpc) is 2.75. The molecular weight excluding hydrogens is 242 g/mol. The average molecular weight is 263 g/mol. The van der Waals surface area contributed by atoms with Gasteiger partial charge in [0.2, 0.25) is 5.91 Å². The number of likely N-dealkylation sites (N-methyl/N-ethyl adjacent to an activating group) is 1. The number of hydrogen-bond acceptors (Lipinski definition) is 4. The molecule has 1 fully saturated rings. The number of anilines is 2. The SMILES string of the molecule is COCC(=O)Nc1cccc(NC2CCN(C)C2)c1. The van der Waals surface area contributed by atoms with Crippen LogP contribution in [0.15, 0.2) is 24.3 Å². The lowest BCUT2D eigenvalue weighted by Gasteiger charge is -2.15. The molecule has 104 valence electrons. The maximum absolute atomic E-state index is 11.4. The molecule has 0 bridgehead atoms. The summed E-state index contributed by atoms with van der Waals surface area (Å²) in [6, 6.07) is 8.26. The molecule has 1 amide bonds. The van der Waals surface area contributed by atoms with Crippen LogP contribution < -0.4 is 10.6 Å². The molecule has 0 aliphatic carbocycles. The molecule has 1 unspecified atom stereocenters. The molecule has 1 aliphatic rings. The second kappa shape index (κ2) is 6.54. The van der Waals surface area contributed by atoms with Crippen molar-refractivity contribution < 1.29 is 9.53 Å². The van der Waals surface area contributed by atoms with Crippen LogP contribution in [0.25, 0.3) is 0 Å². The van der Waals surface area contributed by atoms with Crippen LogP contribution in [0.4, 0.5) is 11.4 Å². The smallest absolute Gasteiger partial charge is 0.250 e. The predicted molar refractivity (Wildman–Crippen MR) is 76.5 cm³/mol. The zero-order valence-corrected chi connectivity index (χ0v) is 11.5. The molecular formula is C14H21N3O2. The minimum absolute atomic E-state index is 0.0745. The molecule has 1 saturated heterocycles. The highest BCUT2D eigenvalue weighted by Gasteiger charge is 2.18. The van der Waals surface area contributed by atoms with Crippen molar-refractivity contribution >= 4 is 17.3 Å². The third kappa shape index (κ3) is 4.22. The van der Waals surface area contributed by atoms with E-state index in [4.69, 9.17) is 4.74 Å². The van der Waals surface area contributed by atoms with Gasteiger partial charge in [-0.3, -0.25) is 4.79 Å². The third-order valence-corrected chi connectivity index (χ3v) is 3.18. The Morgan fingerprint density at radius 1 is 1.47 bits per heavy atom. The second-order valence-electron chi connectivity index (χ2n) is 4.95. The number of likely N-dealkylation sites (tertiary alicyclic amines) is 1. The fourth-order valence-electron chi connectivity index (χ4n) is 2.30. The summed E-state index contributed by atoms with van der Waals surface area (Å²) in [5, 5.41) is 6.30. The van der Waals surface area contributed by atoms with Crippen LogP contribution in [0.2, 0.25) is 0 Å². The van der Waals surface area contributed by atoms with Gasteiger partial charge < -0.3 is 20.3 Å². The molecule has 1 aliphatic heterocycles. The standard InChI is InChI=1S/C14H21N3O2/c1-17-7-6-13(9-17)15-11-4-3-5-12(8-11)16-14(18)10-19-2/h3-5,8,13,15H,6-7,9-10H2,1-2H3,(H,16,18). The number of carbonyl (C=O) groups excluding carboxylic acids is 1. The lowest BCUT2D eigenvalue weighted by atomic mass is 10.2. The molecule has 0 spiro atoms. The van der Waals surface area contributed by atoms with E-state index in [9.17, 15) is 4.79 Å². The van der Waals surface area contributed by atoms with Crippen molar-refractivity contribution in [1.82, 2.24) is 4.90 Å². The lowest BCUT2D eigenvalue weighted by molar-refractivity contribution is -0.119. The summed E-state index contributed by atoms with van der Waals surface area (Å²) in [5.41, 5.74) is 1.83. The lowest BCUT2D eigenvalue weighted by Crippen LogP contribution is -2.23. The van der Waals surface area contributed by atoms with E-state index in [-0.39, 0.29) is 12.5 Å². The molecule has 1 heterocycles. The normalized spacial score (nSPS) is 19.4. The first-order valence-corrected chi connectivity index (χ1v) is 6.51. The summed E-state index contributed by atoms with van der Waals surface area (Å²) in [4.78, 5) is 13.8. The monoisotopic (exact) mass is 263 g/mol.